The molecule has 5 heteroatoms. The summed E-state index contributed by atoms with van der Waals surface area (Å²) in [5.74, 6) is -0.564. The second kappa shape index (κ2) is 8.27. The molecule has 1 heterocycles. The van der Waals surface area contributed by atoms with Crippen molar-refractivity contribution in [2.24, 2.45) is 0 Å². The van der Waals surface area contributed by atoms with Crippen LogP contribution in [0.4, 0.5) is 0 Å². The fourth-order valence-electron chi connectivity index (χ4n) is 3.10. The molecule has 29 heavy (non-hydrogen) atoms. The van der Waals surface area contributed by atoms with Crippen molar-refractivity contribution >= 4 is 22.8 Å². The molecule has 0 aliphatic heterocycles. The molecule has 0 atom stereocenters. The van der Waals surface area contributed by atoms with Crippen LogP contribution in [0.25, 0.3) is 11.3 Å². The zero-order chi connectivity index (χ0) is 20.1. The number of Topliss-reactive ketones (excluding diaryl/α,β-unsaturated/α-hetero) is 2. The van der Waals surface area contributed by atoms with Gasteiger partial charge in [-0.2, -0.15) is 0 Å². The number of allylic oxidation sites excluding steroid dienone is 2. The maximum Gasteiger partial charge on any atom is 0.212 e. The van der Waals surface area contributed by atoms with E-state index in [1.807, 2.05) is 42.5 Å². The van der Waals surface area contributed by atoms with Gasteiger partial charge in [0, 0.05) is 11.1 Å². The number of ketones is 2. The Kier molecular flexibility index (Phi) is 5.21. The van der Waals surface area contributed by atoms with Crippen LogP contribution in [0.5, 0.6) is 0 Å². The van der Waals surface area contributed by atoms with Crippen LogP contribution >= 0.6 is 0 Å². The Morgan fingerprint density at radius 1 is 0.621 bits per heavy atom. The van der Waals surface area contributed by atoms with E-state index < -0.39 is 0 Å². The third-order valence-corrected chi connectivity index (χ3v) is 4.46. The number of aromatic nitrogens is 3. The van der Waals surface area contributed by atoms with Crippen LogP contribution in [0.15, 0.2) is 103 Å². The van der Waals surface area contributed by atoms with Crippen molar-refractivity contribution in [1.82, 2.24) is 15.0 Å². The van der Waals surface area contributed by atoms with E-state index in [0.29, 0.717) is 16.7 Å². The summed E-state index contributed by atoms with van der Waals surface area (Å²) in [4.78, 5) is 27.0. The smallest absolute Gasteiger partial charge is 0.212 e. The van der Waals surface area contributed by atoms with Crippen LogP contribution in [0.2, 0.25) is 0 Å². The van der Waals surface area contributed by atoms with Crippen LogP contribution in [0.3, 0.4) is 0 Å². The lowest BCUT2D eigenvalue weighted by atomic mass is 9.92. The first-order chi connectivity index (χ1) is 14.3. The third-order valence-electron chi connectivity index (χ3n) is 4.46. The molecule has 3 aromatic carbocycles. The van der Waals surface area contributed by atoms with Gasteiger partial charge in [-0.05, 0) is 5.56 Å². The molecule has 0 bridgehead atoms. The van der Waals surface area contributed by atoms with E-state index in [2.05, 4.69) is 10.3 Å². The van der Waals surface area contributed by atoms with E-state index in [1.165, 1.54) is 10.9 Å². The van der Waals surface area contributed by atoms with Crippen LogP contribution in [-0.2, 0) is 0 Å². The summed E-state index contributed by atoms with van der Waals surface area (Å²) >= 11 is 0. The van der Waals surface area contributed by atoms with Crippen molar-refractivity contribution < 1.29 is 9.59 Å². The Labute approximate surface area is 167 Å². The second-order valence-corrected chi connectivity index (χ2v) is 6.33. The van der Waals surface area contributed by atoms with Crippen molar-refractivity contribution in [3.8, 4) is 0 Å². The predicted molar refractivity (Wildman–Crippen MR) is 111 cm³/mol. The van der Waals surface area contributed by atoms with Crippen molar-refractivity contribution in [2.45, 2.75) is 0 Å². The highest BCUT2D eigenvalue weighted by atomic mass is 16.1. The van der Waals surface area contributed by atoms with Gasteiger partial charge in [-0.1, -0.05) is 96.2 Å². The minimum absolute atomic E-state index is 0.161. The second-order valence-electron chi connectivity index (χ2n) is 6.33. The van der Waals surface area contributed by atoms with Crippen molar-refractivity contribution in [3.63, 3.8) is 0 Å². The van der Waals surface area contributed by atoms with Gasteiger partial charge in [-0.15, -0.1) is 5.10 Å². The molecule has 0 amide bonds. The molecule has 4 aromatic rings. The normalized spacial score (nSPS) is 11.6. The van der Waals surface area contributed by atoms with E-state index >= 15 is 0 Å². The topological polar surface area (TPSA) is 64.8 Å². The summed E-state index contributed by atoms with van der Waals surface area (Å²) in [5.41, 5.74) is 2.03. The predicted octanol–water partition coefficient (Wildman–Crippen LogP) is 4.41. The van der Waals surface area contributed by atoms with Gasteiger partial charge >= 0.3 is 0 Å². The zero-order valence-corrected chi connectivity index (χ0v) is 15.5. The Balaban J connectivity index is 2.01. The molecule has 0 saturated carbocycles. The Morgan fingerprint density at radius 3 is 1.59 bits per heavy atom. The SMILES string of the molecule is O=C(/C(=C(/C(=O)c1ccccc1)n1ccnn1)c1ccccc1)c1ccccc1. The standard InChI is InChI=1S/C24H17N3O2/c28-23(19-12-6-2-7-13-19)21(18-10-4-1-5-11-18)22(27-17-16-25-26-27)24(29)20-14-8-3-9-15-20/h1-17H/b22-21-. The van der Waals surface area contributed by atoms with Gasteiger partial charge in [0.15, 0.2) is 5.78 Å². The highest BCUT2D eigenvalue weighted by molar-refractivity contribution is 6.43. The maximum absolute atomic E-state index is 13.5. The lowest BCUT2D eigenvalue weighted by molar-refractivity contribution is 0.103. The van der Waals surface area contributed by atoms with Gasteiger partial charge in [0.05, 0.1) is 18.0 Å². The van der Waals surface area contributed by atoms with Gasteiger partial charge in [0.2, 0.25) is 5.78 Å². The highest BCUT2D eigenvalue weighted by Crippen LogP contribution is 2.28. The molecular weight excluding hydrogens is 362 g/mol. The van der Waals surface area contributed by atoms with Gasteiger partial charge in [-0.25, -0.2) is 4.68 Å². The summed E-state index contributed by atoms with van der Waals surface area (Å²) < 4.78 is 1.36. The minimum atomic E-state index is -0.306. The van der Waals surface area contributed by atoms with Crippen molar-refractivity contribution in [1.29, 1.82) is 0 Å². The number of carbonyl (C=O) groups excluding carboxylic acids is 2. The molecule has 0 fully saturated rings. The summed E-state index contributed by atoms with van der Waals surface area (Å²) in [5, 5.41) is 7.86. The van der Waals surface area contributed by atoms with E-state index in [9.17, 15) is 9.59 Å². The molecule has 140 valence electrons. The van der Waals surface area contributed by atoms with E-state index in [1.54, 1.807) is 54.7 Å². The van der Waals surface area contributed by atoms with Crippen LogP contribution in [0, 0.1) is 0 Å². The average Bonchev–Trinajstić information content (AvgIpc) is 3.33. The van der Waals surface area contributed by atoms with Crippen LogP contribution < -0.4 is 0 Å². The van der Waals surface area contributed by atoms with E-state index in [0.717, 1.165) is 0 Å². The fourth-order valence-corrected chi connectivity index (χ4v) is 3.10. The fraction of sp³-hybridized carbons (Fsp3) is 0. The monoisotopic (exact) mass is 379 g/mol. The first kappa shape index (κ1) is 18.3. The number of hydrogen-bond donors (Lipinski definition) is 0. The molecule has 0 N–H and O–H groups in total. The average molecular weight is 379 g/mol. The first-order valence-electron chi connectivity index (χ1n) is 9.11. The number of carbonyl (C=O) groups is 2. The summed E-state index contributed by atoms with van der Waals surface area (Å²) in [7, 11) is 0. The molecule has 0 spiro atoms. The summed E-state index contributed by atoms with van der Waals surface area (Å²) in [6.45, 7) is 0. The molecular formula is C24H17N3O2. The number of rotatable bonds is 6. The van der Waals surface area contributed by atoms with Crippen LogP contribution in [0.1, 0.15) is 26.3 Å². The lowest BCUT2D eigenvalue weighted by Gasteiger charge is -2.14. The molecule has 4 rings (SSSR count). The molecule has 0 aliphatic rings. The largest absolute Gasteiger partial charge is 0.289 e. The van der Waals surface area contributed by atoms with Gasteiger partial charge in [-0.3, -0.25) is 9.59 Å². The number of hydrogen-bond acceptors (Lipinski definition) is 4. The molecule has 5 nitrogen and oxygen atoms in total. The first-order valence-corrected chi connectivity index (χ1v) is 9.11. The van der Waals surface area contributed by atoms with Gasteiger partial charge < -0.3 is 0 Å². The lowest BCUT2D eigenvalue weighted by Crippen LogP contribution is -2.17. The number of nitrogens with zero attached hydrogens (tertiary/aromatic N) is 3. The van der Waals surface area contributed by atoms with Crippen molar-refractivity contribution in [3.05, 3.63) is 120 Å². The molecule has 0 radical (unpaired) electrons. The van der Waals surface area contributed by atoms with Crippen molar-refractivity contribution in [2.75, 3.05) is 0 Å². The maximum atomic E-state index is 13.5. The van der Waals surface area contributed by atoms with Gasteiger partial charge in [0.25, 0.3) is 0 Å². The van der Waals surface area contributed by atoms with E-state index in [4.69, 9.17) is 0 Å². The minimum Gasteiger partial charge on any atom is -0.289 e. The Bertz CT molecular complexity index is 1150. The molecule has 0 unspecified atom stereocenters. The van der Waals surface area contributed by atoms with Gasteiger partial charge in [0.1, 0.15) is 5.70 Å². The Hall–Kier alpha value is -4.12. The highest BCUT2D eigenvalue weighted by Gasteiger charge is 2.26. The summed E-state index contributed by atoms with van der Waals surface area (Å²) in [6.07, 6.45) is 3.05. The molecule has 0 saturated heterocycles. The Morgan fingerprint density at radius 2 is 1.10 bits per heavy atom. The summed E-state index contributed by atoms with van der Waals surface area (Å²) in [6, 6.07) is 26.9. The molecule has 0 aliphatic carbocycles. The quantitative estimate of drug-likeness (QED) is 0.368. The zero-order valence-electron chi connectivity index (χ0n) is 15.5. The van der Waals surface area contributed by atoms with E-state index in [-0.39, 0.29) is 22.8 Å². The number of benzene rings is 3. The van der Waals surface area contributed by atoms with Crippen LogP contribution in [-0.4, -0.2) is 26.6 Å². The third kappa shape index (κ3) is 3.80. The molecule has 1 aromatic heterocycles.